The number of fused-ring (bicyclic) bond motifs is 2. The molecule has 0 aromatic rings. The second-order valence-corrected chi connectivity index (χ2v) is 10.8. The Bertz CT molecular complexity index is 914. The molecule has 4 rings (SSSR count). The third-order valence-corrected chi connectivity index (χ3v) is 6.95. The molecule has 3 unspecified atom stereocenters. The van der Waals surface area contributed by atoms with Gasteiger partial charge in [0.05, 0.1) is 45.4 Å². The number of nitrogens with one attached hydrogen (secondary N) is 2. The first kappa shape index (κ1) is 30.4. The number of rotatable bonds is 12. The van der Waals surface area contributed by atoms with Crippen LogP contribution in [0.2, 0.25) is 0 Å². The second-order valence-electron chi connectivity index (χ2n) is 10.8. The van der Waals surface area contributed by atoms with Crippen LogP contribution in [0.5, 0.6) is 0 Å². The zero-order valence-corrected chi connectivity index (χ0v) is 23.3. The molecule has 2 N–H and O–H groups in total. The predicted molar refractivity (Wildman–Crippen MR) is 134 cm³/mol. The zero-order valence-electron chi connectivity index (χ0n) is 23.3. The van der Waals surface area contributed by atoms with Crippen molar-refractivity contribution in [3.8, 4) is 0 Å². The van der Waals surface area contributed by atoms with Crippen molar-refractivity contribution < 1.29 is 57.1 Å². The van der Waals surface area contributed by atoms with Crippen LogP contribution in [-0.2, 0) is 52.3 Å². The largest absolute Gasteiger partial charge is 0.457 e. The van der Waals surface area contributed by atoms with Crippen LogP contribution in [0.3, 0.4) is 0 Å². The van der Waals surface area contributed by atoms with Crippen LogP contribution in [0.25, 0.3) is 0 Å². The fraction of sp³-hybridized carbons (Fsp3) is 0.846. The van der Waals surface area contributed by atoms with Gasteiger partial charge in [-0.05, 0) is 13.8 Å². The number of hydrogen-bond donors (Lipinski definition) is 2. The van der Waals surface area contributed by atoms with Crippen molar-refractivity contribution in [2.24, 2.45) is 5.92 Å². The van der Waals surface area contributed by atoms with Gasteiger partial charge in [-0.3, -0.25) is 14.4 Å². The number of amides is 2. The van der Waals surface area contributed by atoms with Gasteiger partial charge in [0.15, 0.2) is 18.3 Å². The lowest BCUT2D eigenvalue weighted by atomic mass is 10.1. The van der Waals surface area contributed by atoms with Crippen molar-refractivity contribution in [3.05, 3.63) is 0 Å². The van der Waals surface area contributed by atoms with Crippen molar-refractivity contribution in [1.29, 1.82) is 0 Å². The molecule has 8 atom stereocenters. The molecule has 14 heteroatoms. The molecule has 4 saturated heterocycles. The number of esters is 2. The summed E-state index contributed by atoms with van der Waals surface area (Å²) >= 11 is 0. The van der Waals surface area contributed by atoms with E-state index >= 15 is 0 Å². The lowest BCUT2D eigenvalue weighted by Crippen LogP contribution is -2.39. The van der Waals surface area contributed by atoms with Crippen molar-refractivity contribution in [1.82, 2.24) is 10.6 Å². The van der Waals surface area contributed by atoms with Gasteiger partial charge in [-0.1, -0.05) is 13.8 Å². The highest BCUT2D eigenvalue weighted by Gasteiger charge is 2.52. The molecular formula is C26H40N2O12. The van der Waals surface area contributed by atoms with E-state index in [0.29, 0.717) is 6.61 Å². The highest BCUT2D eigenvalue weighted by atomic mass is 16.7. The normalized spacial score (nSPS) is 32.5. The Kier molecular flexibility index (Phi) is 10.6. The molecule has 226 valence electrons. The number of carbonyl (C=O) groups excluding carboxylic acids is 4. The van der Waals surface area contributed by atoms with Gasteiger partial charge in [-0.2, -0.15) is 0 Å². The summed E-state index contributed by atoms with van der Waals surface area (Å²) in [5.74, 6) is -1.34. The molecule has 0 aromatic heterocycles. The molecule has 2 amide bonds. The minimum absolute atomic E-state index is 0.00932. The maximum absolute atomic E-state index is 12.4. The van der Waals surface area contributed by atoms with E-state index in [2.05, 4.69) is 10.6 Å². The first-order chi connectivity index (χ1) is 19.1. The van der Waals surface area contributed by atoms with Gasteiger partial charge in [0.2, 0.25) is 5.91 Å². The molecule has 4 fully saturated rings. The van der Waals surface area contributed by atoms with Gasteiger partial charge in [-0.25, -0.2) is 4.79 Å². The Morgan fingerprint density at radius 3 is 1.55 bits per heavy atom. The molecule has 4 aliphatic heterocycles. The van der Waals surface area contributed by atoms with Crippen molar-refractivity contribution in [2.75, 3.05) is 39.5 Å². The average molecular weight is 573 g/mol. The minimum atomic E-state index is -0.685. The lowest BCUT2D eigenvalue weighted by Gasteiger charge is -2.19. The second kappa shape index (κ2) is 13.9. The van der Waals surface area contributed by atoms with E-state index in [9.17, 15) is 19.2 Å². The van der Waals surface area contributed by atoms with E-state index in [1.165, 1.54) is 0 Å². The first-order valence-electron chi connectivity index (χ1n) is 13.9. The van der Waals surface area contributed by atoms with E-state index in [0.717, 1.165) is 0 Å². The molecule has 0 saturated carbocycles. The third kappa shape index (κ3) is 7.81. The summed E-state index contributed by atoms with van der Waals surface area (Å²) in [6.45, 7) is 8.37. The van der Waals surface area contributed by atoms with Crippen molar-refractivity contribution in [2.45, 2.75) is 95.5 Å². The molecule has 0 aromatic carbocycles. The van der Waals surface area contributed by atoms with E-state index in [1.807, 2.05) is 13.8 Å². The summed E-state index contributed by atoms with van der Waals surface area (Å²) in [6, 6.07) is 0. The van der Waals surface area contributed by atoms with Gasteiger partial charge in [0.1, 0.15) is 30.5 Å². The number of alkyl carbamates (subject to hydrolysis) is 1. The van der Waals surface area contributed by atoms with Crippen LogP contribution in [0.4, 0.5) is 4.79 Å². The Morgan fingerprint density at radius 1 is 0.650 bits per heavy atom. The topological polar surface area (TPSA) is 166 Å². The molecule has 0 bridgehead atoms. The summed E-state index contributed by atoms with van der Waals surface area (Å²) in [4.78, 5) is 48.4. The molecule has 4 heterocycles. The quantitative estimate of drug-likeness (QED) is 0.235. The Labute approximate surface area is 232 Å². The van der Waals surface area contributed by atoms with E-state index in [1.54, 1.807) is 13.8 Å². The maximum Gasteiger partial charge on any atom is 0.407 e. The van der Waals surface area contributed by atoms with Crippen LogP contribution in [0.1, 0.15) is 40.5 Å². The van der Waals surface area contributed by atoms with Crippen LogP contribution < -0.4 is 10.6 Å². The fourth-order valence-electron chi connectivity index (χ4n) is 5.02. The van der Waals surface area contributed by atoms with Gasteiger partial charge < -0.3 is 48.5 Å². The number of ether oxygens (including phenoxy) is 8. The first-order valence-corrected chi connectivity index (χ1v) is 13.9. The molecular weight excluding hydrogens is 532 g/mol. The highest BCUT2D eigenvalue weighted by Crippen LogP contribution is 2.32. The minimum Gasteiger partial charge on any atom is -0.457 e. The Balaban J connectivity index is 1.10. The molecule has 0 spiro atoms. The van der Waals surface area contributed by atoms with Gasteiger partial charge in [-0.15, -0.1) is 0 Å². The maximum atomic E-state index is 12.4. The van der Waals surface area contributed by atoms with Crippen LogP contribution in [-0.4, -0.2) is 118 Å². The zero-order chi connectivity index (χ0) is 28.8. The summed E-state index contributed by atoms with van der Waals surface area (Å²) in [5.41, 5.74) is 0. The van der Waals surface area contributed by atoms with Gasteiger partial charge in [0, 0.05) is 19.0 Å². The number of hydrogen-bond acceptors (Lipinski definition) is 12. The lowest BCUT2D eigenvalue weighted by molar-refractivity contribution is -0.155. The van der Waals surface area contributed by atoms with Crippen molar-refractivity contribution >= 4 is 23.9 Å². The molecule has 14 nitrogen and oxygen atoms in total. The van der Waals surface area contributed by atoms with Crippen LogP contribution >= 0.6 is 0 Å². The van der Waals surface area contributed by atoms with Crippen LogP contribution in [0.15, 0.2) is 0 Å². The third-order valence-electron chi connectivity index (χ3n) is 6.95. The number of carbonyl (C=O) groups is 4. The monoisotopic (exact) mass is 572 g/mol. The summed E-state index contributed by atoms with van der Waals surface area (Å²) in [5, 5.41) is 5.20. The van der Waals surface area contributed by atoms with E-state index in [4.69, 9.17) is 37.9 Å². The standard InChI is InChI=1S/C26H40N2O12/c1-13(2)25(31)27-7-5-19(29)38-16-10-34-23-17(11-35-22(16)23)39-20(30)6-8-28-26(32)40-18-12-36-21-15(37-14(3)4)9-33-24(18)21/h13-18,21-24H,5-12H2,1-4H3,(H,27,31)(H,28,32)/t15?,16-,17?,18?,21-,22-,23-,24-/m1/s1. The molecule has 4 aliphatic rings. The fourth-order valence-corrected chi connectivity index (χ4v) is 5.02. The van der Waals surface area contributed by atoms with Gasteiger partial charge >= 0.3 is 18.0 Å². The van der Waals surface area contributed by atoms with Crippen LogP contribution in [0, 0.1) is 5.92 Å². The predicted octanol–water partition coefficient (Wildman–Crippen LogP) is -0.154. The summed E-state index contributed by atoms with van der Waals surface area (Å²) in [6.07, 6.45) is -4.58. The SMILES string of the molecule is CC(C)OC1CO[C@@H]2C(OC(=O)NCCC(=O)OC3CO[C@H]4[C@@H]3OC[C@H]4OC(=O)CCNC(=O)C(C)C)CO[C@H]12. The van der Waals surface area contributed by atoms with Crippen molar-refractivity contribution in [3.63, 3.8) is 0 Å². The van der Waals surface area contributed by atoms with E-state index < -0.39 is 54.7 Å². The Morgan fingerprint density at radius 2 is 1.07 bits per heavy atom. The van der Waals surface area contributed by atoms with E-state index in [-0.39, 0.29) is 75.9 Å². The summed E-state index contributed by atoms with van der Waals surface area (Å²) < 4.78 is 45.0. The average Bonchev–Trinajstić information content (AvgIpc) is 3.65. The summed E-state index contributed by atoms with van der Waals surface area (Å²) in [7, 11) is 0. The highest BCUT2D eigenvalue weighted by molar-refractivity contribution is 5.78. The smallest absolute Gasteiger partial charge is 0.407 e. The molecule has 40 heavy (non-hydrogen) atoms. The molecule has 0 aliphatic carbocycles. The van der Waals surface area contributed by atoms with Gasteiger partial charge in [0.25, 0.3) is 0 Å². The molecule has 0 radical (unpaired) electrons. The Hall–Kier alpha value is -2.52.